The Hall–Kier alpha value is -0.370. The van der Waals surface area contributed by atoms with Crippen LogP contribution in [-0.4, -0.2) is 26.6 Å². The van der Waals surface area contributed by atoms with Crippen LogP contribution in [0.2, 0.25) is 10.0 Å². The lowest BCUT2D eigenvalue weighted by molar-refractivity contribution is -0.117. The number of amides is 1. The van der Waals surface area contributed by atoms with Crippen molar-refractivity contribution in [2.24, 2.45) is 5.92 Å². The molecule has 1 amide bonds. The third-order valence-corrected chi connectivity index (χ3v) is 4.87. The molecule has 1 atom stereocenters. The Balaban J connectivity index is 2.29. The molecule has 0 N–H and O–H groups in total. The molecule has 0 aromatic heterocycles. The molecule has 1 saturated heterocycles. The van der Waals surface area contributed by atoms with E-state index in [1.807, 2.05) is 0 Å². The molecule has 1 aliphatic rings. The van der Waals surface area contributed by atoms with Gasteiger partial charge in [0, 0.05) is 28.4 Å². The van der Waals surface area contributed by atoms with Crippen LogP contribution in [0.1, 0.15) is 6.42 Å². The number of carbonyl (C=O) groups is 1. The molecular weight excluding hydrogens is 396 g/mol. The first-order valence-electron chi connectivity index (χ1n) is 5.54. The summed E-state index contributed by atoms with van der Waals surface area (Å²) >= 11 is 15.2. The van der Waals surface area contributed by atoms with E-state index in [1.165, 1.54) is 11.0 Å². The van der Waals surface area contributed by atoms with Crippen molar-refractivity contribution in [1.82, 2.24) is 0 Å². The molecule has 0 bridgehead atoms. The van der Waals surface area contributed by atoms with Crippen LogP contribution in [0.5, 0.6) is 0 Å². The first-order valence-corrected chi connectivity index (χ1v) is 8.65. The Morgan fingerprint density at radius 1 is 1.40 bits per heavy atom. The molecule has 0 aliphatic carbocycles. The summed E-state index contributed by atoms with van der Waals surface area (Å²) in [7, 11) is -4.61. The zero-order chi connectivity index (χ0) is 15.1. The van der Waals surface area contributed by atoms with Crippen LogP contribution in [0.15, 0.2) is 16.6 Å². The highest BCUT2D eigenvalue weighted by molar-refractivity contribution is 9.10. The van der Waals surface area contributed by atoms with Gasteiger partial charge < -0.3 is 4.90 Å². The second-order valence-corrected chi connectivity index (χ2v) is 7.61. The van der Waals surface area contributed by atoms with Crippen molar-refractivity contribution in [3.05, 3.63) is 26.7 Å². The number of halogens is 4. The molecule has 1 fully saturated rings. The van der Waals surface area contributed by atoms with Crippen LogP contribution in [-0.2, 0) is 15.0 Å². The largest absolute Gasteiger partial charge is 0.310 e. The number of anilines is 1. The zero-order valence-electron chi connectivity index (χ0n) is 9.95. The van der Waals surface area contributed by atoms with Crippen LogP contribution >= 0.6 is 39.1 Å². The number of hydrogen-bond donors (Lipinski definition) is 0. The molecule has 1 aliphatic heterocycles. The van der Waals surface area contributed by atoms with Gasteiger partial charge in [-0.15, -0.1) is 3.89 Å². The van der Waals surface area contributed by atoms with Crippen LogP contribution in [0.25, 0.3) is 0 Å². The van der Waals surface area contributed by atoms with Gasteiger partial charge in [-0.2, -0.15) is 8.42 Å². The molecule has 0 spiro atoms. The summed E-state index contributed by atoms with van der Waals surface area (Å²) < 4.78 is 34.6. The summed E-state index contributed by atoms with van der Waals surface area (Å²) in [6, 6.07) is 3.06. The molecule has 1 aromatic carbocycles. The van der Waals surface area contributed by atoms with Gasteiger partial charge in [0.15, 0.2) is 0 Å². The third kappa shape index (κ3) is 3.63. The van der Waals surface area contributed by atoms with Crippen LogP contribution < -0.4 is 4.90 Å². The molecule has 1 aromatic rings. The van der Waals surface area contributed by atoms with Gasteiger partial charge in [-0.3, -0.25) is 4.79 Å². The highest BCUT2D eigenvalue weighted by atomic mass is 79.9. The SMILES string of the molecule is O=C1CC(CS(=O)(=O)F)CN1c1c(Cl)cc(Cl)cc1Br. The zero-order valence-corrected chi connectivity index (χ0v) is 13.9. The van der Waals surface area contributed by atoms with E-state index < -0.39 is 21.9 Å². The molecule has 0 radical (unpaired) electrons. The van der Waals surface area contributed by atoms with Gasteiger partial charge in [0.25, 0.3) is 0 Å². The fraction of sp³-hybridized carbons (Fsp3) is 0.364. The lowest BCUT2D eigenvalue weighted by atomic mass is 10.1. The first-order chi connectivity index (χ1) is 9.17. The van der Waals surface area contributed by atoms with Crippen molar-refractivity contribution in [2.75, 3.05) is 17.2 Å². The smallest absolute Gasteiger partial charge is 0.302 e. The number of nitrogens with zero attached hydrogens (tertiary/aromatic N) is 1. The van der Waals surface area contributed by atoms with Crippen LogP contribution in [0, 0.1) is 5.92 Å². The van der Waals surface area contributed by atoms with Crippen molar-refractivity contribution in [1.29, 1.82) is 0 Å². The Kier molecular flexibility index (Phi) is 4.63. The van der Waals surface area contributed by atoms with Crippen molar-refractivity contribution in [3.8, 4) is 0 Å². The van der Waals surface area contributed by atoms with Crippen molar-refractivity contribution in [3.63, 3.8) is 0 Å². The minimum absolute atomic E-state index is 0.0332. The molecule has 9 heteroatoms. The summed E-state index contributed by atoms with van der Waals surface area (Å²) in [6.45, 7) is 0.0991. The Morgan fingerprint density at radius 3 is 2.60 bits per heavy atom. The lowest BCUT2D eigenvalue weighted by Crippen LogP contribution is -2.26. The highest BCUT2D eigenvalue weighted by Gasteiger charge is 2.35. The predicted molar refractivity (Wildman–Crippen MR) is 79.5 cm³/mol. The first kappa shape index (κ1) is 16.0. The molecule has 1 unspecified atom stereocenters. The third-order valence-electron chi connectivity index (χ3n) is 2.89. The maximum absolute atomic E-state index is 12.7. The minimum Gasteiger partial charge on any atom is -0.310 e. The van der Waals surface area contributed by atoms with Gasteiger partial charge in [0.1, 0.15) is 0 Å². The van der Waals surface area contributed by atoms with Gasteiger partial charge in [-0.05, 0) is 28.1 Å². The monoisotopic (exact) mass is 403 g/mol. The van der Waals surface area contributed by atoms with Crippen molar-refractivity contribution < 1.29 is 17.1 Å². The maximum atomic E-state index is 12.7. The van der Waals surface area contributed by atoms with Crippen molar-refractivity contribution in [2.45, 2.75) is 6.42 Å². The normalized spacial score (nSPS) is 19.7. The van der Waals surface area contributed by atoms with E-state index in [0.717, 1.165) is 0 Å². The Bertz CT molecular complexity index is 645. The van der Waals surface area contributed by atoms with Gasteiger partial charge in [-0.25, -0.2) is 0 Å². The molecule has 110 valence electrons. The number of carbonyl (C=O) groups excluding carboxylic acids is 1. The molecule has 1 heterocycles. The summed E-state index contributed by atoms with van der Waals surface area (Å²) in [6.07, 6.45) is -0.0332. The van der Waals surface area contributed by atoms with E-state index in [-0.39, 0.29) is 23.9 Å². The summed E-state index contributed by atoms with van der Waals surface area (Å²) in [5.41, 5.74) is 0.417. The van der Waals surface area contributed by atoms with E-state index in [9.17, 15) is 17.1 Å². The second-order valence-electron chi connectivity index (χ2n) is 4.50. The van der Waals surface area contributed by atoms with E-state index >= 15 is 0 Å². The summed E-state index contributed by atoms with van der Waals surface area (Å²) in [4.78, 5) is 13.3. The van der Waals surface area contributed by atoms with E-state index in [1.54, 1.807) is 6.07 Å². The van der Waals surface area contributed by atoms with Crippen molar-refractivity contribution >= 4 is 60.9 Å². The van der Waals surface area contributed by atoms with E-state index in [2.05, 4.69) is 15.9 Å². The summed E-state index contributed by atoms with van der Waals surface area (Å²) in [5, 5.41) is 0.668. The molecule has 4 nitrogen and oxygen atoms in total. The molecule has 0 saturated carbocycles. The fourth-order valence-corrected chi connectivity index (χ4v) is 4.49. The molecule has 20 heavy (non-hydrogen) atoms. The Morgan fingerprint density at radius 2 is 2.05 bits per heavy atom. The lowest BCUT2D eigenvalue weighted by Gasteiger charge is -2.20. The average Bonchev–Trinajstić information content (AvgIpc) is 2.55. The van der Waals surface area contributed by atoms with Gasteiger partial charge in [0.2, 0.25) is 5.91 Å². The van der Waals surface area contributed by atoms with Crippen LogP contribution in [0.4, 0.5) is 9.57 Å². The van der Waals surface area contributed by atoms with E-state index in [4.69, 9.17) is 23.2 Å². The number of hydrogen-bond acceptors (Lipinski definition) is 3. The number of rotatable bonds is 3. The fourth-order valence-electron chi connectivity index (χ4n) is 2.18. The standard InChI is InChI=1S/C11H9BrCl2FNO3S/c12-8-2-7(13)3-9(14)11(8)16-4-6(1-10(16)17)5-20(15,18)19/h2-3,6H,1,4-5H2. The molecule has 2 rings (SSSR count). The minimum atomic E-state index is -4.61. The quantitative estimate of drug-likeness (QED) is 0.725. The maximum Gasteiger partial charge on any atom is 0.302 e. The topological polar surface area (TPSA) is 54.5 Å². The molecular formula is C11H9BrCl2FNO3S. The second kappa shape index (κ2) is 5.79. The Labute approximate surface area is 134 Å². The van der Waals surface area contributed by atoms with Gasteiger partial charge >= 0.3 is 10.2 Å². The predicted octanol–water partition coefficient (Wildman–Crippen LogP) is 3.41. The number of benzene rings is 1. The van der Waals surface area contributed by atoms with E-state index in [0.29, 0.717) is 15.2 Å². The summed E-state index contributed by atoms with van der Waals surface area (Å²) in [5.74, 6) is -1.56. The highest BCUT2D eigenvalue weighted by Crippen LogP contribution is 2.39. The van der Waals surface area contributed by atoms with Gasteiger partial charge in [0.05, 0.1) is 16.5 Å². The van der Waals surface area contributed by atoms with Gasteiger partial charge in [-0.1, -0.05) is 23.2 Å². The average molecular weight is 405 g/mol. The van der Waals surface area contributed by atoms with Crippen LogP contribution in [0.3, 0.4) is 0 Å².